The van der Waals surface area contributed by atoms with Gasteiger partial charge in [-0.1, -0.05) is 27.7 Å². The Morgan fingerprint density at radius 1 is 1.36 bits per heavy atom. The highest BCUT2D eigenvalue weighted by molar-refractivity contribution is 9.10. The van der Waals surface area contributed by atoms with Crippen molar-refractivity contribution in [3.8, 4) is 0 Å². The van der Waals surface area contributed by atoms with E-state index in [0.717, 1.165) is 26.8 Å². The number of hydrogen-bond donors (Lipinski definition) is 2. The first-order chi connectivity index (χ1) is 10.5. The average Bonchev–Trinajstić information content (AvgIpc) is 2.81. The summed E-state index contributed by atoms with van der Waals surface area (Å²) in [5.41, 5.74) is 0.840. The standard InChI is InChI=1S/C14H16BrN3O3S/c1-9(17-11-4-2-10(15)3-5-11)13(20)16-6-7-18-12(19)8-22-14(18)21/h2-5,9,17H,6-8H2,1H3,(H,16,20)/t9-/m1/s1. The number of imide groups is 1. The number of rotatable bonds is 6. The van der Waals surface area contributed by atoms with E-state index >= 15 is 0 Å². The van der Waals surface area contributed by atoms with Gasteiger partial charge in [0.15, 0.2) is 0 Å². The molecule has 1 saturated heterocycles. The summed E-state index contributed by atoms with van der Waals surface area (Å²) in [6.45, 7) is 2.21. The molecule has 3 amide bonds. The van der Waals surface area contributed by atoms with Crippen LogP contribution in [0.3, 0.4) is 0 Å². The van der Waals surface area contributed by atoms with Crippen LogP contribution in [0.5, 0.6) is 0 Å². The van der Waals surface area contributed by atoms with Crippen molar-refractivity contribution >= 4 is 50.4 Å². The van der Waals surface area contributed by atoms with Gasteiger partial charge in [-0.2, -0.15) is 0 Å². The molecule has 0 unspecified atom stereocenters. The number of nitrogens with zero attached hydrogens (tertiary/aromatic N) is 1. The van der Waals surface area contributed by atoms with Crippen molar-refractivity contribution in [2.24, 2.45) is 0 Å². The predicted molar refractivity (Wildman–Crippen MR) is 89.8 cm³/mol. The van der Waals surface area contributed by atoms with E-state index in [1.165, 1.54) is 0 Å². The first-order valence-corrected chi connectivity index (χ1v) is 8.52. The van der Waals surface area contributed by atoms with Gasteiger partial charge in [-0.25, -0.2) is 0 Å². The van der Waals surface area contributed by atoms with Crippen molar-refractivity contribution in [1.82, 2.24) is 10.2 Å². The number of halogens is 1. The summed E-state index contributed by atoms with van der Waals surface area (Å²) < 4.78 is 0.966. The zero-order valence-electron chi connectivity index (χ0n) is 12.0. The lowest BCUT2D eigenvalue weighted by Gasteiger charge is -2.17. The topological polar surface area (TPSA) is 78.5 Å². The number of benzene rings is 1. The third-order valence-corrected chi connectivity index (χ3v) is 4.48. The maximum absolute atomic E-state index is 12.0. The summed E-state index contributed by atoms with van der Waals surface area (Å²) in [5.74, 6) is -0.200. The molecule has 2 rings (SSSR count). The van der Waals surface area contributed by atoms with Crippen LogP contribution >= 0.6 is 27.7 Å². The minimum absolute atomic E-state index is 0.185. The van der Waals surface area contributed by atoms with Crippen molar-refractivity contribution in [3.05, 3.63) is 28.7 Å². The van der Waals surface area contributed by atoms with E-state index in [1.807, 2.05) is 24.3 Å². The lowest BCUT2D eigenvalue weighted by molar-refractivity contribution is -0.125. The fourth-order valence-corrected chi connectivity index (χ4v) is 2.92. The second kappa shape index (κ2) is 7.64. The van der Waals surface area contributed by atoms with Gasteiger partial charge in [-0.3, -0.25) is 19.3 Å². The number of carbonyl (C=O) groups excluding carboxylic acids is 3. The van der Waals surface area contributed by atoms with Crippen molar-refractivity contribution in [2.45, 2.75) is 13.0 Å². The lowest BCUT2D eigenvalue weighted by atomic mass is 10.2. The number of amides is 3. The Hall–Kier alpha value is -1.54. The zero-order chi connectivity index (χ0) is 16.1. The third-order valence-electron chi connectivity index (χ3n) is 3.10. The molecule has 0 saturated carbocycles. The first kappa shape index (κ1) is 16.8. The van der Waals surface area contributed by atoms with Crippen LogP contribution in [0.1, 0.15) is 6.92 Å². The minimum Gasteiger partial charge on any atom is -0.374 e. The van der Waals surface area contributed by atoms with Crippen LogP contribution in [0.25, 0.3) is 0 Å². The molecule has 1 atom stereocenters. The fourth-order valence-electron chi connectivity index (χ4n) is 1.90. The second-order valence-corrected chi connectivity index (χ2v) is 6.61. The lowest BCUT2D eigenvalue weighted by Crippen LogP contribution is -2.42. The molecule has 1 fully saturated rings. The molecule has 6 nitrogen and oxygen atoms in total. The Balaban J connectivity index is 1.75. The van der Waals surface area contributed by atoms with E-state index in [9.17, 15) is 14.4 Å². The van der Waals surface area contributed by atoms with Crippen molar-refractivity contribution in [3.63, 3.8) is 0 Å². The summed E-state index contributed by atoms with van der Waals surface area (Å²) in [5, 5.41) is 5.55. The third kappa shape index (κ3) is 4.48. The molecule has 118 valence electrons. The van der Waals surface area contributed by atoms with E-state index in [4.69, 9.17) is 0 Å². The van der Waals surface area contributed by atoms with Crippen molar-refractivity contribution in [1.29, 1.82) is 0 Å². The molecule has 0 radical (unpaired) electrons. The van der Waals surface area contributed by atoms with E-state index < -0.39 is 6.04 Å². The normalized spacial score (nSPS) is 15.8. The maximum Gasteiger partial charge on any atom is 0.288 e. The molecule has 0 spiro atoms. The molecule has 22 heavy (non-hydrogen) atoms. The van der Waals surface area contributed by atoms with Crippen LogP contribution < -0.4 is 10.6 Å². The Morgan fingerprint density at radius 3 is 2.64 bits per heavy atom. The highest BCUT2D eigenvalue weighted by Crippen LogP contribution is 2.17. The summed E-state index contributed by atoms with van der Waals surface area (Å²) in [6, 6.07) is 7.09. The van der Waals surface area contributed by atoms with E-state index in [-0.39, 0.29) is 35.9 Å². The minimum atomic E-state index is -0.416. The van der Waals surface area contributed by atoms with Gasteiger partial charge in [0.1, 0.15) is 6.04 Å². The molecule has 1 aromatic rings. The van der Waals surface area contributed by atoms with E-state index in [1.54, 1.807) is 6.92 Å². The maximum atomic E-state index is 12.0. The molecule has 1 aliphatic heterocycles. The number of hydrogen-bond acceptors (Lipinski definition) is 5. The average molecular weight is 386 g/mol. The smallest absolute Gasteiger partial charge is 0.288 e. The van der Waals surface area contributed by atoms with Gasteiger partial charge >= 0.3 is 0 Å². The molecule has 0 bridgehead atoms. The molecule has 1 aliphatic rings. The molecule has 1 heterocycles. The monoisotopic (exact) mass is 385 g/mol. The zero-order valence-corrected chi connectivity index (χ0v) is 14.4. The quantitative estimate of drug-likeness (QED) is 0.783. The number of nitrogens with one attached hydrogen (secondary N) is 2. The molecule has 0 aromatic heterocycles. The van der Waals surface area contributed by atoms with Gasteiger partial charge in [0.05, 0.1) is 5.75 Å². The fraction of sp³-hybridized carbons (Fsp3) is 0.357. The summed E-state index contributed by atoms with van der Waals surface area (Å²) in [4.78, 5) is 36.0. The molecule has 2 N–H and O–H groups in total. The largest absolute Gasteiger partial charge is 0.374 e. The highest BCUT2D eigenvalue weighted by Gasteiger charge is 2.29. The van der Waals surface area contributed by atoms with Gasteiger partial charge in [-0.05, 0) is 31.2 Å². The SMILES string of the molecule is C[C@@H](Nc1ccc(Br)cc1)C(=O)NCCN1C(=O)CSC1=O. The summed E-state index contributed by atoms with van der Waals surface area (Å²) in [7, 11) is 0. The number of thioether (sulfide) groups is 1. The Morgan fingerprint density at radius 2 is 2.05 bits per heavy atom. The molecular weight excluding hydrogens is 370 g/mol. The van der Waals surface area contributed by atoms with Crippen LogP contribution in [0.2, 0.25) is 0 Å². The summed E-state index contributed by atoms with van der Waals surface area (Å²) >= 11 is 4.34. The Kier molecular flexibility index (Phi) is 5.84. The summed E-state index contributed by atoms with van der Waals surface area (Å²) in [6.07, 6.45) is 0. The molecule has 0 aliphatic carbocycles. The first-order valence-electron chi connectivity index (χ1n) is 6.74. The van der Waals surface area contributed by atoms with Crippen LogP contribution in [-0.4, -0.2) is 46.8 Å². The van der Waals surface area contributed by atoms with Crippen LogP contribution in [0, 0.1) is 0 Å². The predicted octanol–water partition coefficient (Wildman–Crippen LogP) is 2.06. The van der Waals surface area contributed by atoms with E-state index in [0.29, 0.717) is 0 Å². The van der Waals surface area contributed by atoms with Crippen molar-refractivity contribution in [2.75, 3.05) is 24.2 Å². The van der Waals surface area contributed by atoms with Crippen LogP contribution in [0.15, 0.2) is 28.7 Å². The Labute approximate surface area is 141 Å². The number of carbonyl (C=O) groups is 3. The molecule has 8 heteroatoms. The van der Waals surface area contributed by atoms with Crippen LogP contribution in [-0.2, 0) is 9.59 Å². The number of anilines is 1. The highest BCUT2D eigenvalue weighted by atomic mass is 79.9. The Bertz CT molecular complexity index is 563. The van der Waals surface area contributed by atoms with Gasteiger partial charge < -0.3 is 10.6 Å². The van der Waals surface area contributed by atoms with Gasteiger partial charge in [-0.15, -0.1) is 0 Å². The van der Waals surface area contributed by atoms with Crippen LogP contribution in [0.4, 0.5) is 10.5 Å². The van der Waals surface area contributed by atoms with Gasteiger partial charge in [0.2, 0.25) is 11.8 Å². The second-order valence-electron chi connectivity index (χ2n) is 4.76. The van der Waals surface area contributed by atoms with Crippen molar-refractivity contribution < 1.29 is 14.4 Å². The molecular formula is C14H16BrN3O3S. The molecule has 1 aromatic carbocycles. The van der Waals surface area contributed by atoms with Gasteiger partial charge in [0, 0.05) is 23.2 Å². The van der Waals surface area contributed by atoms with E-state index in [2.05, 4.69) is 26.6 Å². The van der Waals surface area contributed by atoms with Gasteiger partial charge in [0.25, 0.3) is 5.24 Å².